The van der Waals surface area contributed by atoms with Gasteiger partial charge in [-0.2, -0.15) is 10.2 Å². The van der Waals surface area contributed by atoms with E-state index < -0.39 is 0 Å². The number of hydrogen-bond acceptors (Lipinski definition) is 2. The van der Waals surface area contributed by atoms with Gasteiger partial charge in [0.15, 0.2) is 0 Å². The highest BCUT2D eigenvalue weighted by Gasteiger charge is 1.97. The molecule has 0 aliphatic rings. The molecular weight excluding hydrogens is 119 g/mol. The molecule has 1 rings (SSSR count). The van der Waals surface area contributed by atoms with Crippen molar-refractivity contribution < 1.29 is 4.39 Å². The molecule has 0 bridgehead atoms. The fourth-order valence-electron chi connectivity index (χ4n) is 0.585. The molecule has 48 valence electrons. The molecule has 0 fully saturated rings. The van der Waals surface area contributed by atoms with Gasteiger partial charge in [0.25, 0.3) is 0 Å². The topological polar surface area (TPSA) is 25.8 Å². The van der Waals surface area contributed by atoms with Crippen LogP contribution in [0.2, 0.25) is 0 Å². The first-order valence-corrected chi connectivity index (χ1v) is 2.80. The van der Waals surface area contributed by atoms with Crippen LogP contribution in [0.4, 0.5) is 4.39 Å². The minimum atomic E-state index is -0.271. The van der Waals surface area contributed by atoms with E-state index in [1.165, 1.54) is 12.3 Å². The maximum Gasteiger partial charge on any atom is 0.148 e. The molecule has 0 saturated heterocycles. The molecule has 0 amide bonds. The number of rotatable bonds is 1. The molecule has 0 unspecified atom stereocenters. The summed E-state index contributed by atoms with van der Waals surface area (Å²) < 4.78 is 12.5. The van der Waals surface area contributed by atoms with Gasteiger partial charge in [-0.15, -0.1) is 0 Å². The van der Waals surface area contributed by atoms with Crippen LogP contribution < -0.4 is 0 Å². The van der Waals surface area contributed by atoms with Crippen LogP contribution in [-0.4, -0.2) is 10.2 Å². The van der Waals surface area contributed by atoms with E-state index in [1.807, 2.05) is 6.92 Å². The zero-order valence-corrected chi connectivity index (χ0v) is 5.13. The van der Waals surface area contributed by atoms with Crippen LogP contribution in [-0.2, 0) is 6.42 Å². The summed E-state index contributed by atoms with van der Waals surface area (Å²) in [5.74, 6) is -0.271. The highest BCUT2D eigenvalue weighted by Crippen LogP contribution is 1.99. The van der Waals surface area contributed by atoms with Gasteiger partial charge in [-0.05, 0) is 12.5 Å². The lowest BCUT2D eigenvalue weighted by Crippen LogP contribution is -1.93. The van der Waals surface area contributed by atoms with Gasteiger partial charge in [0.05, 0.1) is 11.9 Å². The summed E-state index contributed by atoms with van der Waals surface area (Å²) in [5, 5.41) is 7.10. The summed E-state index contributed by atoms with van der Waals surface area (Å²) in [6, 6.07) is 1.31. The largest absolute Gasteiger partial charge is 0.205 e. The van der Waals surface area contributed by atoms with Crippen molar-refractivity contribution in [2.24, 2.45) is 0 Å². The molecule has 0 spiro atoms. The van der Waals surface area contributed by atoms with E-state index in [4.69, 9.17) is 0 Å². The average Bonchev–Trinajstić information content (AvgIpc) is 1.89. The van der Waals surface area contributed by atoms with E-state index in [9.17, 15) is 4.39 Å². The third kappa shape index (κ3) is 1.22. The van der Waals surface area contributed by atoms with E-state index in [2.05, 4.69) is 10.2 Å². The lowest BCUT2D eigenvalue weighted by molar-refractivity contribution is 0.593. The summed E-state index contributed by atoms with van der Waals surface area (Å²) in [4.78, 5) is 0. The first-order chi connectivity index (χ1) is 4.34. The molecule has 0 atom stereocenters. The highest BCUT2D eigenvalue weighted by atomic mass is 19.1. The Morgan fingerprint density at radius 2 is 2.44 bits per heavy atom. The van der Waals surface area contributed by atoms with Gasteiger partial charge in [0.1, 0.15) is 5.82 Å². The number of halogens is 1. The predicted octanol–water partition coefficient (Wildman–Crippen LogP) is 1.18. The molecule has 1 heterocycles. The number of aryl methyl sites for hydroxylation is 1. The fraction of sp³-hybridized carbons (Fsp3) is 0.333. The van der Waals surface area contributed by atoms with Crippen molar-refractivity contribution in [3.05, 3.63) is 23.8 Å². The van der Waals surface area contributed by atoms with Gasteiger partial charge >= 0.3 is 0 Å². The molecule has 9 heavy (non-hydrogen) atoms. The monoisotopic (exact) mass is 126 g/mol. The molecule has 3 heteroatoms. The van der Waals surface area contributed by atoms with E-state index >= 15 is 0 Å². The molecule has 0 aliphatic heterocycles. The van der Waals surface area contributed by atoms with E-state index in [1.54, 1.807) is 0 Å². The molecule has 0 aromatic carbocycles. The van der Waals surface area contributed by atoms with Crippen molar-refractivity contribution in [1.82, 2.24) is 10.2 Å². The normalized spacial score (nSPS) is 9.56. The van der Waals surface area contributed by atoms with Gasteiger partial charge in [-0.25, -0.2) is 4.39 Å². The highest BCUT2D eigenvalue weighted by molar-refractivity contribution is 5.01. The van der Waals surface area contributed by atoms with Crippen molar-refractivity contribution in [2.45, 2.75) is 13.3 Å². The van der Waals surface area contributed by atoms with Crippen LogP contribution >= 0.6 is 0 Å². The summed E-state index contributed by atoms with van der Waals surface area (Å²) in [6.07, 6.45) is 1.94. The fourth-order valence-corrected chi connectivity index (χ4v) is 0.585. The smallest absolute Gasteiger partial charge is 0.148 e. The second-order valence-electron chi connectivity index (χ2n) is 1.68. The van der Waals surface area contributed by atoms with Gasteiger partial charge in [0, 0.05) is 0 Å². The molecular formula is C6H7FN2. The first-order valence-electron chi connectivity index (χ1n) is 2.80. The standard InChI is InChI=1S/C6H7FN2/c1-2-6-5(7)3-4-8-9-6/h3-4H,2H2,1H3. The first kappa shape index (κ1) is 6.13. The van der Waals surface area contributed by atoms with Crippen LogP contribution in [0, 0.1) is 5.82 Å². The van der Waals surface area contributed by atoms with Crippen molar-refractivity contribution in [2.75, 3.05) is 0 Å². The van der Waals surface area contributed by atoms with Crippen molar-refractivity contribution in [1.29, 1.82) is 0 Å². The van der Waals surface area contributed by atoms with Gasteiger partial charge in [-0.1, -0.05) is 6.92 Å². The second-order valence-corrected chi connectivity index (χ2v) is 1.68. The van der Waals surface area contributed by atoms with Crippen LogP contribution in [0.3, 0.4) is 0 Å². The van der Waals surface area contributed by atoms with Gasteiger partial charge in [-0.3, -0.25) is 0 Å². The van der Waals surface area contributed by atoms with Crippen molar-refractivity contribution >= 4 is 0 Å². The van der Waals surface area contributed by atoms with Crippen LogP contribution in [0.25, 0.3) is 0 Å². The SMILES string of the molecule is CCc1nnccc1F. The summed E-state index contributed by atoms with van der Waals surface area (Å²) in [6.45, 7) is 1.84. The molecule has 1 aromatic rings. The Labute approximate surface area is 52.7 Å². The third-order valence-electron chi connectivity index (χ3n) is 1.08. The van der Waals surface area contributed by atoms with Crippen LogP contribution in [0.5, 0.6) is 0 Å². The van der Waals surface area contributed by atoms with E-state index in [-0.39, 0.29) is 5.82 Å². The Balaban J connectivity index is 3.01. The van der Waals surface area contributed by atoms with Gasteiger partial charge < -0.3 is 0 Å². The van der Waals surface area contributed by atoms with Crippen LogP contribution in [0.1, 0.15) is 12.6 Å². The summed E-state index contributed by atoms with van der Waals surface area (Å²) in [5.41, 5.74) is 0.428. The maximum absolute atomic E-state index is 12.5. The summed E-state index contributed by atoms with van der Waals surface area (Å²) in [7, 11) is 0. The van der Waals surface area contributed by atoms with Crippen molar-refractivity contribution in [3.63, 3.8) is 0 Å². The minimum Gasteiger partial charge on any atom is -0.205 e. The Hall–Kier alpha value is -0.990. The lowest BCUT2D eigenvalue weighted by atomic mass is 10.3. The molecule has 1 aromatic heterocycles. The summed E-state index contributed by atoms with van der Waals surface area (Å²) >= 11 is 0. The Morgan fingerprint density at radius 3 is 2.89 bits per heavy atom. The Kier molecular flexibility index (Phi) is 1.72. The minimum absolute atomic E-state index is 0.271. The predicted molar refractivity (Wildman–Crippen MR) is 31.4 cm³/mol. The van der Waals surface area contributed by atoms with Crippen LogP contribution in [0.15, 0.2) is 12.3 Å². The number of aromatic nitrogens is 2. The second kappa shape index (κ2) is 2.53. The zero-order valence-electron chi connectivity index (χ0n) is 5.13. The molecule has 0 aliphatic carbocycles. The van der Waals surface area contributed by atoms with E-state index in [0.29, 0.717) is 12.1 Å². The Morgan fingerprint density at radius 1 is 1.67 bits per heavy atom. The zero-order chi connectivity index (χ0) is 6.69. The van der Waals surface area contributed by atoms with Gasteiger partial charge in [0.2, 0.25) is 0 Å². The quantitative estimate of drug-likeness (QED) is 0.564. The molecule has 0 saturated carbocycles. The molecule has 2 nitrogen and oxygen atoms in total. The molecule has 0 radical (unpaired) electrons. The average molecular weight is 126 g/mol. The Bertz CT molecular complexity index is 200. The molecule has 0 N–H and O–H groups in total. The van der Waals surface area contributed by atoms with Crippen molar-refractivity contribution in [3.8, 4) is 0 Å². The number of hydrogen-bond donors (Lipinski definition) is 0. The lowest BCUT2D eigenvalue weighted by Gasteiger charge is -1.92. The van der Waals surface area contributed by atoms with E-state index in [0.717, 1.165) is 0 Å². The number of nitrogens with zero attached hydrogens (tertiary/aromatic N) is 2. The third-order valence-corrected chi connectivity index (χ3v) is 1.08. The maximum atomic E-state index is 12.5.